The smallest absolute Gasteiger partial charge is 0.303 e. The maximum absolute atomic E-state index is 11.0. The minimum Gasteiger partial charge on any atom is -0.497 e. The molecule has 1 saturated heterocycles. The van der Waals surface area contributed by atoms with E-state index in [-0.39, 0.29) is 24.5 Å². The van der Waals surface area contributed by atoms with Crippen molar-refractivity contribution in [3.05, 3.63) is 66.2 Å². The highest BCUT2D eigenvalue weighted by Gasteiger charge is 2.45. The SMILES string of the molecule is COc1ccc(-c2ccc(CO[C@H]3C[C@@H](O)[C@H](N4CCOCC4)[C@H]3CCC=CCCC(=O)O)cc2)cc1. The molecule has 200 valence electrons. The zero-order valence-corrected chi connectivity index (χ0v) is 21.6. The molecule has 4 atom stereocenters. The predicted molar refractivity (Wildman–Crippen MR) is 143 cm³/mol. The normalized spacial score (nSPS) is 24.5. The first-order chi connectivity index (χ1) is 18.0. The highest BCUT2D eigenvalue weighted by Crippen LogP contribution is 2.37. The molecule has 2 aromatic carbocycles. The number of hydrogen-bond donors (Lipinski definition) is 2. The van der Waals surface area contributed by atoms with Crippen LogP contribution >= 0.6 is 0 Å². The first-order valence-corrected chi connectivity index (χ1v) is 13.3. The third-order valence-corrected chi connectivity index (χ3v) is 7.45. The van der Waals surface area contributed by atoms with Gasteiger partial charge in [0.05, 0.1) is 39.1 Å². The highest BCUT2D eigenvalue weighted by molar-refractivity contribution is 5.66. The van der Waals surface area contributed by atoms with Gasteiger partial charge in [-0.25, -0.2) is 0 Å². The van der Waals surface area contributed by atoms with Crippen molar-refractivity contribution in [2.45, 2.75) is 57.0 Å². The molecule has 2 aliphatic rings. The van der Waals surface area contributed by atoms with Crippen LogP contribution in [0.25, 0.3) is 11.1 Å². The molecule has 0 bridgehead atoms. The van der Waals surface area contributed by atoms with Gasteiger partial charge in [0, 0.05) is 37.9 Å². The lowest BCUT2D eigenvalue weighted by Crippen LogP contribution is -2.50. The van der Waals surface area contributed by atoms with Gasteiger partial charge in [-0.15, -0.1) is 0 Å². The van der Waals surface area contributed by atoms with Crippen LogP contribution in [0.2, 0.25) is 0 Å². The molecule has 0 aromatic heterocycles. The summed E-state index contributed by atoms with van der Waals surface area (Å²) >= 11 is 0. The van der Waals surface area contributed by atoms with E-state index >= 15 is 0 Å². The van der Waals surface area contributed by atoms with Crippen LogP contribution in [-0.2, 0) is 20.9 Å². The van der Waals surface area contributed by atoms with Gasteiger partial charge in [0.2, 0.25) is 0 Å². The number of aliphatic carboxylic acids is 1. The Morgan fingerprint density at radius 1 is 1.03 bits per heavy atom. The van der Waals surface area contributed by atoms with Crippen molar-refractivity contribution in [3.63, 3.8) is 0 Å². The summed E-state index contributed by atoms with van der Waals surface area (Å²) in [6, 6.07) is 16.5. The molecule has 1 aliphatic carbocycles. The molecule has 7 nitrogen and oxygen atoms in total. The van der Waals surface area contributed by atoms with E-state index in [0.29, 0.717) is 32.7 Å². The Kier molecular flexibility index (Phi) is 10.1. The largest absolute Gasteiger partial charge is 0.497 e. The topological polar surface area (TPSA) is 88.5 Å². The van der Waals surface area contributed by atoms with Crippen molar-refractivity contribution in [2.24, 2.45) is 5.92 Å². The molecule has 4 rings (SSSR count). The lowest BCUT2D eigenvalue weighted by atomic mass is 9.93. The van der Waals surface area contributed by atoms with Gasteiger partial charge in [-0.2, -0.15) is 0 Å². The summed E-state index contributed by atoms with van der Waals surface area (Å²) in [7, 11) is 1.67. The molecule has 1 aliphatic heterocycles. The second-order valence-electron chi connectivity index (χ2n) is 9.86. The predicted octanol–water partition coefficient (Wildman–Crippen LogP) is 4.53. The number of carboxylic acid groups (broad SMARTS) is 1. The van der Waals surface area contributed by atoms with E-state index < -0.39 is 12.1 Å². The van der Waals surface area contributed by atoms with Crippen LogP contribution in [0.15, 0.2) is 60.7 Å². The Morgan fingerprint density at radius 3 is 2.32 bits per heavy atom. The molecule has 2 aromatic rings. The first kappa shape index (κ1) is 27.3. The Bertz CT molecular complexity index is 1000. The lowest BCUT2D eigenvalue weighted by molar-refractivity contribution is -0.136. The van der Waals surface area contributed by atoms with E-state index in [0.717, 1.165) is 48.4 Å². The highest BCUT2D eigenvalue weighted by atomic mass is 16.5. The Labute approximate surface area is 219 Å². The maximum atomic E-state index is 11.0. The standard InChI is InChI=1S/C30H39NO6/c1-35-25-14-12-24(13-15-25)23-10-8-22(9-11-23)21-37-28-20-27(32)30(31-16-18-36-19-17-31)26(28)6-4-2-3-5-7-29(33)34/h2-3,8-15,26-28,30,32H,4-7,16-21H2,1H3,(H,33,34)/t26-,27+,28-,30+/m0/s1. The number of allylic oxidation sites excluding steroid dienone is 2. The Hall–Kier alpha value is -2.71. The van der Waals surface area contributed by atoms with Gasteiger partial charge in [0.15, 0.2) is 0 Å². The number of benzene rings is 2. The third-order valence-electron chi connectivity index (χ3n) is 7.45. The minimum absolute atomic E-state index is 0.0310. The van der Waals surface area contributed by atoms with Crippen molar-refractivity contribution in [1.82, 2.24) is 4.90 Å². The summed E-state index contributed by atoms with van der Waals surface area (Å²) in [6.45, 7) is 3.54. The fraction of sp³-hybridized carbons (Fsp3) is 0.500. The lowest BCUT2D eigenvalue weighted by Gasteiger charge is -2.38. The van der Waals surface area contributed by atoms with Crippen molar-refractivity contribution in [1.29, 1.82) is 0 Å². The van der Waals surface area contributed by atoms with Crippen molar-refractivity contribution in [3.8, 4) is 16.9 Å². The molecule has 37 heavy (non-hydrogen) atoms. The molecule has 2 fully saturated rings. The average Bonchev–Trinajstić information content (AvgIpc) is 3.24. The quantitative estimate of drug-likeness (QED) is 0.407. The molecule has 0 amide bonds. The molecule has 1 saturated carbocycles. The zero-order valence-electron chi connectivity index (χ0n) is 21.6. The number of hydrogen-bond acceptors (Lipinski definition) is 6. The van der Waals surface area contributed by atoms with Crippen LogP contribution in [0.3, 0.4) is 0 Å². The van der Waals surface area contributed by atoms with Gasteiger partial charge in [0.1, 0.15) is 5.75 Å². The van der Waals surface area contributed by atoms with E-state index in [9.17, 15) is 9.90 Å². The third kappa shape index (κ3) is 7.65. The van der Waals surface area contributed by atoms with Crippen LogP contribution in [0.1, 0.15) is 37.7 Å². The van der Waals surface area contributed by atoms with Crippen molar-refractivity contribution >= 4 is 5.97 Å². The van der Waals surface area contributed by atoms with E-state index in [2.05, 4.69) is 47.4 Å². The van der Waals surface area contributed by atoms with Crippen LogP contribution in [0, 0.1) is 5.92 Å². The fourth-order valence-electron chi connectivity index (χ4n) is 5.51. The molecular formula is C30H39NO6. The summed E-state index contributed by atoms with van der Waals surface area (Å²) in [5, 5.41) is 19.9. The zero-order chi connectivity index (χ0) is 26.0. The summed E-state index contributed by atoms with van der Waals surface area (Å²) in [6.07, 6.45) is 6.61. The number of carboxylic acids is 1. The molecular weight excluding hydrogens is 470 g/mol. The first-order valence-electron chi connectivity index (χ1n) is 13.3. The van der Waals surface area contributed by atoms with Crippen LogP contribution in [-0.4, -0.2) is 72.7 Å². The minimum atomic E-state index is -0.776. The number of methoxy groups -OCH3 is 1. The van der Waals surface area contributed by atoms with Gasteiger partial charge in [-0.1, -0.05) is 48.6 Å². The fourth-order valence-corrected chi connectivity index (χ4v) is 5.51. The number of ether oxygens (including phenoxy) is 3. The number of morpholine rings is 1. The second-order valence-corrected chi connectivity index (χ2v) is 9.86. The molecule has 1 heterocycles. The van der Waals surface area contributed by atoms with Crippen molar-refractivity contribution < 1.29 is 29.2 Å². The monoisotopic (exact) mass is 509 g/mol. The van der Waals surface area contributed by atoms with E-state index in [1.807, 2.05) is 18.2 Å². The van der Waals surface area contributed by atoms with E-state index in [1.165, 1.54) is 0 Å². The molecule has 0 spiro atoms. The summed E-state index contributed by atoms with van der Waals surface area (Å²) in [5.74, 6) is 0.269. The van der Waals surface area contributed by atoms with Gasteiger partial charge in [0.25, 0.3) is 0 Å². The molecule has 0 unspecified atom stereocenters. The number of rotatable bonds is 12. The van der Waals surface area contributed by atoms with E-state index in [1.54, 1.807) is 7.11 Å². The summed E-state index contributed by atoms with van der Waals surface area (Å²) in [5.41, 5.74) is 3.38. The van der Waals surface area contributed by atoms with Gasteiger partial charge < -0.3 is 24.4 Å². The maximum Gasteiger partial charge on any atom is 0.303 e. The molecule has 7 heteroatoms. The van der Waals surface area contributed by atoms with Crippen LogP contribution in [0.4, 0.5) is 0 Å². The van der Waals surface area contributed by atoms with Gasteiger partial charge >= 0.3 is 5.97 Å². The van der Waals surface area contributed by atoms with Crippen LogP contribution < -0.4 is 4.74 Å². The molecule has 0 radical (unpaired) electrons. The number of carbonyl (C=O) groups is 1. The average molecular weight is 510 g/mol. The Balaban J connectivity index is 1.37. The van der Waals surface area contributed by atoms with Gasteiger partial charge in [-0.05, 0) is 48.1 Å². The number of nitrogens with zero attached hydrogens (tertiary/aromatic N) is 1. The Morgan fingerprint density at radius 2 is 1.68 bits per heavy atom. The summed E-state index contributed by atoms with van der Waals surface area (Å²) < 4.78 is 17.2. The molecule has 2 N–H and O–H groups in total. The van der Waals surface area contributed by atoms with Gasteiger partial charge in [-0.3, -0.25) is 9.69 Å². The second kappa shape index (κ2) is 13.7. The van der Waals surface area contributed by atoms with E-state index in [4.69, 9.17) is 19.3 Å². The summed E-state index contributed by atoms with van der Waals surface area (Å²) in [4.78, 5) is 13.1. The van der Waals surface area contributed by atoms with Crippen molar-refractivity contribution in [2.75, 3.05) is 33.4 Å². The number of aliphatic hydroxyl groups is 1. The van der Waals surface area contributed by atoms with Crippen LogP contribution in [0.5, 0.6) is 5.75 Å². The number of aliphatic hydroxyl groups excluding tert-OH is 1.